The number of rotatable bonds is 8. The molecule has 0 atom stereocenters. The second kappa shape index (κ2) is 9.09. The molecule has 1 saturated heterocycles. The quantitative estimate of drug-likeness (QED) is 0.628. The van der Waals surface area contributed by atoms with E-state index in [2.05, 4.69) is 26.0 Å². The molecule has 0 aromatic heterocycles. The largest absolute Gasteiger partial charge is 0.381 e. The van der Waals surface area contributed by atoms with Crippen molar-refractivity contribution in [3.63, 3.8) is 0 Å². The lowest BCUT2D eigenvalue weighted by atomic mass is 9.92. The van der Waals surface area contributed by atoms with Crippen molar-refractivity contribution in [2.75, 3.05) is 13.2 Å². The van der Waals surface area contributed by atoms with Crippen molar-refractivity contribution in [3.05, 3.63) is 35.4 Å². The van der Waals surface area contributed by atoms with Crippen molar-refractivity contribution in [1.29, 1.82) is 0 Å². The number of carbonyl (C=O) groups is 1. The number of ether oxygens (including phenoxy) is 1. The summed E-state index contributed by atoms with van der Waals surface area (Å²) in [5.41, 5.74) is 2.22. The number of aryl methyl sites for hydroxylation is 1. The molecule has 122 valence electrons. The number of hydrogen-bond acceptors (Lipinski definition) is 2. The Kier molecular flexibility index (Phi) is 7.11. The van der Waals surface area contributed by atoms with Gasteiger partial charge in [-0.1, -0.05) is 44.5 Å². The molecule has 1 aliphatic rings. The Balaban J connectivity index is 1.75. The monoisotopic (exact) mass is 302 g/mol. The van der Waals surface area contributed by atoms with Crippen LogP contribution in [0.5, 0.6) is 0 Å². The van der Waals surface area contributed by atoms with Crippen LogP contribution in [0.3, 0.4) is 0 Å². The Morgan fingerprint density at radius 3 is 2.50 bits per heavy atom. The minimum atomic E-state index is 0.292. The topological polar surface area (TPSA) is 26.3 Å². The van der Waals surface area contributed by atoms with Gasteiger partial charge in [-0.15, -0.1) is 0 Å². The second-order valence-electron chi connectivity index (χ2n) is 7.00. The van der Waals surface area contributed by atoms with Crippen LogP contribution in [0.25, 0.3) is 0 Å². The molecule has 2 heteroatoms. The van der Waals surface area contributed by atoms with Gasteiger partial charge in [0, 0.05) is 25.2 Å². The van der Waals surface area contributed by atoms with E-state index >= 15 is 0 Å². The molecule has 0 saturated carbocycles. The van der Waals surface area contributed by atoms with Gasteiger partial charge in [-0.2, -0.15) is 0 Å². The molecule has 0 spiro atoms. The zero-order chi connectivity index (χ0) is 15.8. The van der Waals surface area contributed by atoms with Crippen molar-refractivity contribution in [1.82, 2.24) is 0 Å². The molecule has 0 bridgehead atoms. The molecule has 2 nitrogen and oxygen atoms in total. The first-order valence-electron chi connectivity index (χ1n) is 8.85. The summed E-state index contributed by atoms with van der Waals surface area (Å²) < 4.78 is 5.37. The van der Waals surface area contributed by atoms with Crippen LogP contribution in [-0.4, -0.2) is 19.0 Å². The number of ketones is 1. The van der Waals surface area contributed by atoms with Gasteiger partial charge >= 0.3 is 0 Å². The van der Waals surface area contributed by atoms with E-state index in [1.165, 1.54) is 18.4 Å². The third-order valence-corrected chi connectivity index (χ3v) is 4.64. The van der Waals surface area contributed by atoms with E-state index in [0.717, 1.165) is 50.4 Å². The molecule has 1 fully saturated rings. The average Bonchev–Trinajstić information content (AvgIpc) is 2.54. The van der Waals surface area contributed by atoms with Crippen LogP contribution in [0.15, 0.2) is 24.3 Å². The van der Waals surface area contributed by atoms with Crippen LogP contribution in [0.2, 0.25) is 0 Å². The summed E-state index contributed by atoms with van der Waals surface area (Å²) in [5.74, 6) is 1.74. The van der Waals surface area contributed by atoms with E-state index in [0.29, 0.717) is 18.1 Å². The van der Waals surface area contributed by atoms with Crippen LogP contribution < -0.4 is 0 Å². The molecule has 22 heavy (non-hydrogen) atoms. The number of Topliss-reactive ketones (excluding diaryl/α,β-unsaturated/α-hetero) is 1. The van der Waals surface area contributed by atoms with Gasteiger partial charge in [-0.25, -0.2) is 0 Å². The van der Waals surface area contributed by atoms with Gasteiger partial charge in [0.15, 0.2) is 5.78 Å². The first kappa shape index (κ1) is 17.2. The molecular weight excluding hydrogens is 272 g/mol. The molecule has 1 heterocycles. The van der Waals surface area contributed by atoms with Crippen molar-refractivity contribution in [2.24, 2.45) is 11.8 Å². The maximum atomic E-state index is 12.3. The highest BCUT2D eigenvalue weighted by Gasteiger charge is 2.15. The Morgan fingerprint density at radius 1 is 1.18 bits per heavy atom. The SMILES string of the molecule is CC(C)CCCc1ccc(C(=O)CCC2CCOCC2)cc1. The molecule has 0 unspecified atom stereocenters. The van der Waals surface area contributed by atoms with Crippen molar-refractivity contribution < 1.29 is 9.53 Å². The molecular formula is C20H30O2. The Bertz CT molecular complexity index is 441. The van der Waals surface area contributed by atoms with E-state index in [-0.39, 0.29) is 0 Å². The van der Waals surface area contributed by atoms with E-state index in [9.17, 15) is 4.79 Å². The van der Waals surface area contributed by atoms with Crippen molar-refractivity contribution in [2.45, 2.75) is 58.8 Å². The van der Waals surface area contributed by atoms with E-state index in [4.69, 9.17) is 4.74 Å². The Morgan fingerprint density at radius 2 is 1.86 bits per heavy atom. The Hall–Kier alpha value is -1.15. The van der Waals surface area contributed by atoms with Gasteiger partial charge in [0.05, 0.1) is 0 Å². The number of carbonyl (C=O) groups excluding carboxylic acids is 1. The molecule has 0 N–H and O–H groups in total. The predicted molar refractivity (Wildman–Crippen MR) is 91.3 cm³/mol. The van der Waals surface area contributed by atoms with Gasteiger partial charge in [0.2, 0.25) is 0 Å². The summed E-state index contributed by atoms with van der Waals surface area (Å²) in [7, 11) is 0. The first-order chi connectivity index (χ1) is 10.6. The lowest BCUT2D eigenvalue weighted by Gasteiger charge is -2.21. The normalized spacial score (nSPS) is 16.1. The molecule has 2 rings (SSSR count). The van der Waals surface area contributed by atoms with Crippen molar-refractivity contribution >= 4 is 5.78 Å². The fourth-order valence-electron chi connectivity index (χ4n) is 3.09. The number of hydrogen-bond donors (Lipinski definition) is 0. The third kappa shape index (κ3) is 5.92. The van der Waals surface area contributed by atoms with Gasteiger partial charge in [0.25, 0.3) is 0 Å². The predicted octanol–water partition coefficient (Wildman–Crippen LogP) is 5.05. The smallest absolute Gasteiger partial charge is 0.162 e. The minimum absolute atomic E-state index is 0.292. The summed E-state index contributed by atoms with van der Waals surface area (Å²) in [6.45, 7) is 6.26. The van der Waals surface area contributed by atoms with Crippen molar-refractivity contribution in [3.8, 4) is 0 Å². The fraction of sp³-hybridized carbons (Fsp3) is 0.650. The van der Waals surface area contributed by atoms with Gasteiger partial charge in [-0.3, -0.25) is 4.79 Å². The molecule has 0 radical (unpaired) electrons. The fourth-order valence-corrected chi connectivity index (χ4v) is 3.09. The van der Waals surface area contributed by atoms with Gasteiger partial charge in [0.1, 0.15) is 0 Å². The molecule has 0 aliphatic carbocycles. The van der Waals surface area contributed by atoms with Gasteiger partial charge < -0.3 is 4.74 Å². The maximum absolute atomic E-state index is 12.3. The summed E-state index contributed by atoms with van der Waals surface area (Å²) in [6.07, 6.45) is 7.54. The van der Waals surface area contributed by atoms with E-state index in [1.807, 2.05) is 12.1 Å². The molecule has 1 aliphatic heterocycles. The standard InChI is InChI=1S/C20H30O2/c1-16(2)4-3-5-17-6-9-19(10-7-17)20(21)11-8-18-12-14-22-15-13-18/h6-7,9-10,16,18H,3-5,8,11-15H2,1-2H3. The summed E-state index contributed by atoms with van der Waals surface area (Å²) in [4.78, 5) is 12.3. The zero-order valence-corrected chi connectivity index (χ0v) is 14.1. The van der Waals surface area contributed by atoms with Crippen LogP contribution in [-0.2, 0) is 11.2 Å². The average molecular weight is 302 g/mol. The zero-order valence-electron chi connectivity index (χ0n) is 14.1. The lowest BCUT2D eigenvalue weighted by molar-refractivity contribution is 0.0619. The highest BCUT2D eigenvalue weighted by Crippen LogP contribution is 2.21. The summed E-state index contributed by atoms with van der Waals surface area (Å²) in [5, 5.41) is 0. The van der Waals surface area contributed by atoms with E-state index < -0.39 is 0 Å². The first-order valence-corrected chi connectivity index (χ1v) is 8.85. The van der Waals surface area contributed by atoms with Crippen LogP contribution in [0.1, 0.15) is 68.3 Å². The van der Waals surface area contributed by atoms with E-state index in [1.54, 1.807) is 0 Å². The molecule has 1 aromatic rings. The summed E-state index contributed by atoms with van der Waals surface area (Å²) in [6, 6.07) is 8.28. The minimum Gasteiger partial charge on any atom is -0.381 e. The van der Waals surface area contributed by atoms with Crippen LogP contribution in [0, 0.1) is 11.8 Å². The molecule has 1 aromatic carbocycles. The van der Waals surface area contributed by atoms with Crippen LogP contribution in [0.4, 0.5) is 0 Å². The highest BCUT2D eigenvalue weighted by molar-refractivity contribution is 5.96. The molecule has 0 amide bonds. The lowest BCUT2D eigenvalue weighted by Crippen LogP contribution is -2.16. The highest BCUT2D eigenvalue weighted by atomic mass is 16.5. The van der Waals surface area contributed by atoms with Gasteiger partial charge in [-0.05, 0) is 49.5 Å². The summed E-state index contributed by atoms with van der Waals surface area (Å²) >= 11 is 0. The Labute approximate surface area is 135 Å². The third-order valence-electron chi connectivity index (χ3n) is 4.64. The second-order valence-corrected chi connectivity index (χ2v) is 7.00. The maximum Gasteiger partial charge on any atom is 0.162 e. The number of benzene rings is 1. The van der Waals surface area contributed by atoms with Crippen LogP contribution >= 0.6 is 0 Å².